The molecule has 0 aromatic heterocycles. The van der Waals surface area contributed by atoms with Crippen molar-refractivity contribution in [1.29, 1.82) is 0 Å². The summed E-state index contributed by atoms with van der Waals surface area (Å²) in [6, 6.07) is 13.2. The fraction of sp³-hybridized carbons (Fsp3) is 0.469. The van der Waals surface area contributed by atoms with E-state index >= 15 is 0 Å². The second-order valence-corrected chi connectivity index (χ2v) is 13.8. The molecule has 0 aliphatic carbocycles. The SMILES string of the molecule is C=CCN(CCC)C(=O)[C@H]1[C@H]2C(=O)N(CCCO)C(C(=O)N(CC=C)c3ccc4ccccc4c3)C23CC(Br)[C@@H]1S3. The van der Waals surface area contributed by atoms with Gasteiger partial charge in [0.1, 0.15) is 6.04 Å². The highest BCUT2D eigenvalue weighted by molar-refractivity contribution is 9.09. The number of carbonyl (C=O) groups excluding carboxylic acids is 3. The predicted molar refractivity (Wildman–Crippen MR) is 169 cm³/mol. The van der Waals surface area contributed by atoms with E-state index in [9.17, 15) is 19.5 Å². The van der Waals surface area contributed by atoms with E-state index in [0.29, 0.717) is 25.9 Å². The number of hydrogen-bond donors (Lipinski definition) is 1. The Balaban J connectivity index is 1.57. The van der Waals surface area contributed by atoms with Crippen LogP contribution in [0.5, 0.6) is 0 Å². The summed E-state index contributed by atoms with van der Waals surface area (Å²) in [5.74, 6) is -1.50. The number of hydrogen-bond acceptors (Lipinski definition) is 5. The highest BCUT2D eigenvalue weighted by Gasteiger charge is 2.76. The Kier molecular flexibility index (Phi) is 8.97. The monoisotopic (exact) mass is 639 g/mol. The minimum Gasteiger partial charge on any atom is -0.396 e. The molecule has 1 spiro atoms. The molecule has 3 unspecified atom stereocenters. The van der Waals surface area contributed by atoms with Crippen molar-refractivity contribution < 1.29 is 19.5 Å². The number of carbonyl (C=O) groups is 3. The van der Waals surface area contributed by atoms with Crippen molar-refractivity contribution in [3.8, 4) is 0 Å². The minimum atomic E-state index is -0.759. The summed E-state index contributed by atoms with van der Waals surface area (Å²) in [5.41, 5.74) is 0.740. The number of rotatable bonds is 12. The molecule has 41 heavy (non-hydrogen) atoms. The second-order valence-electron chi connectivity index (χ2n) is 11.1. The first kappa shape index (κ1) is 29.9. The van der Waals surface area contributed by atoms with E-state index < -0.39 is 22.6 Å². The average molecular weight is 641 g/mol. The summed E-state index contributed by atoms with van der Waals surface area (Å²) in [6.45, 7) is 11.2. The van der Waals surface area contributed by atoms with Crippen LogP contribution in [-0.2, 0) is 14.4 Å². The number of alkyl halides is 1. The topological polar surface area (TPSA) is 81.2 Å². The van der Waals surface area contributed by atoms with Crippen LogP contribution in [0.2, 0.25) is 0 Å². The number of benzene rings is 2. The first-order valence-corrected chi connectivity index (χ1v) is 16.2. The van der Waals surface area contributed by atoms with Gasteiger partial charge in [0.05, 0.1) is 16.6 Å². The highest BCUT2D eigenvalue weighted by Crippen LogP contribution is 2.68. The van der Waals surface area contributed by atoms with Crippen molar-refractivity contribution in [2.45, 2.75) is 47.1 Å². The van der Waals surface area contributed by atoms with Crippen LogP contribution in [0.1, 0.15) is 26.2 Å². The number of aliphatic hydroxyl groups excluding tert-OH is 1. The Labute approximate surface area is 254 Å². The standard InChI is InChI=1S/C32H38BrN3O4S/c1-4-14-34(15-5-2)29(38)25-26-30(39)36(17-9-18-37)28(32(26)20-24(33)27(25)41-32)31(40)35(16-6-3)23-13-12-21-10-7-8-11-22(21)19-23/h4,6-8,10-13,19,24-28,37H,1,3,5,9,14-18,20H2,2H3/t24?,25-,26-,27-,28?,32?/m0/s1. The first-order valence-electron chi connectivity index (χ1n) is 14.4. The molecular weight excluding hydrogens is 602 g/mol. The van der Waals surface area contributed by atoms with Crippen LogP contribution >= 0.6 is 27.7 Å². The summed E-state index contributed by atoms with van der Waals surface area (Å²) >= 11 is 5.49. The van der Waals surface area contributed by atoms with Gasteiger partial charge >= 0.3 is 0 Å². The average Bonchev–Trinajstić information content (AvgIpc) is 3.56. The summed E-state index contributed by atoms with van der Waals surface area (Å²) in [5, 5.41) is 11.7. The molecule has 3 heterocycles. The van der Waals surface area contributed by atoms with E-state index in [1.807, 2.05) is 49.4 Å². The molecule has 0 saturated carbocycles. The Hall–Kier alpha value is -2.62. The minimum absolute atomic E-state index is 0.000627. The number of thioether (sulfide) groups is 1. The lowest BCUT2D eigenvalue weighted by Crippen LogP contribution is -2.56. The molecule has 3 aliphatic rings. The lowest BCUT2D eigenvalue weighted by molar-refractivity contribution is -0.143. The van der Waals surface area contributed by atoms with Crippen molar-refractivity contribution in [2.75, 3.05) is 37.7 Å². The summed E-state index contributed by atoms with van der Waals surface area (Å²) in [4.78, 5) is 48.2. The number of aliphatic hydroxyl groups is 1. The van der Waals surface area contributed by atoms with Gasteiger partial charge in [0.15, 0.2) is 0 Å². The van der Waals surface area contributed by atoms with Crippen LogP contribution < -0.4 is 4.90 Å². The fourth-order valence-corrected chi connectivity index (χ4v) is 10.6. The van der Waals surface area contributed by atoms with Gasteiger partial charge in [0.2, 0.25) is 11.8 Å². The molecule has 3 saturated heterocycles. The van der Waals surface area contributed by atoms with E-state index in [2.05, 4.69) is 29.1 Å². The van der Waals surface area contributed by atoms with Gasteiger partial charge in [-0.2, -0.15) is 0 Å². The molecule has 2 aromatic rings. The highest BCUT2D eigenvalue weighted by atomic mass is 79.9. The number of anilines is 1. The molecule has 2 bridgehead atoms. The van der Waals surface area contributed by atoms with E-state index in [1.165, 1.54) is 0 Å². The maximum Gasteiger partial charge on any atom is 0.251 e. The lowest BCUT2D eigenvalue weighted by Gasteiger charge is -2.38. The molecule has 0 radical (unpaired) electrons. The summed E-state index contributed by atoms with van der Waals surface area (Å²) in [7, 11) is 0. The van der Waals surface area contributed by atoms with Gasteiger partial charge in [0, 0.05) is 48.6 Å². The number of nitrogens with zero attached hydrogens (tertiary/aromatic N) is 3. The van der Waals surface area contributed by atoms with Gasteiger partial charge in [0.25, 0.3) is 5.91 Å². The van der Waals surface area contributed by atoms with Crippen molar-refractivity contribution >= 4 is 61.9 Å². The molecule has 3 aliphatic heterocycles. The first-order chi connectivity index (χ1) is 19.8. The molecule has 3 amide bonds. The number of amides is 3. The van der Waals surface area contributed by atoms with E-state index in [4.69, 9.17) is 0 Å². The maximum absolute atomic E-state index is 14.7. The molecule has 3 fully saturated rings. The van der Waals surface area contributed by atoms with Gasteiger partial charge in [-0.15, -0.1) is 24.9 Å². The molecule has 1 N–H and O–H groups in total. The second kappa shape index (κ2) is 12.3. The Morgan fingerprint density at radius 2 is 1.88 bits per heavy atom. The third kappa shape index (κ3) is 5.04. The van der Waals surface area contributed by atoms with Crippen LogP contribution in [0.15, 0.2) is 67.8 Å². The number of fused-ring (bicyclic) bond motifs is 2. The quantitative estimate of drug-likeness (QED) is 0.271. The smallest absolute Gasteiger partial charge is 0.251 e. The van der Waals surface area contributed by atoms with Crippen LogP contribution in [0.3, 0.4) is 0 Å². The number of halogens is 1. The third-order valence-corrected chi connectivity index (χ3v) is 11.9. The van der Waals surface area contributed by atoms with Crippen molar-refractivity contribution in [2.24, 2.45) is 11.8 Å². The predicted octanol–water partition coefficient (Wildman–Crippen LogP) is 4.63. The normalized spacial score (nSPS) is 28.1. The molecular formula is C32H38BrN3O4S. The van der Waals surface area contributed by atoms with Gasteiger partial charge < -0.3 is 19.8 Å². The van der Waals surface area contributed by atoms with Gasteiger partial charge in [-0.25, -0.2) is 0 Å². The van der Waals surface area contributed by atoms with E-state index in [0.717, 1.165) is 22.9 Å². The summed E-state index contributed by atoms with van der Waals surface area (Å²) < 4.78 is -0.745. The summed E-state index contributed by atoms with van der Waals surface area (Å²) in [6.07, 6.45) is 5.20. The fourth-order valence-electron chi connectivity index (χ4n) is 7.04. The molecule has 218 valence electrons. The Bertz CT molecular complexity index is 1350. The number of likely N-dealkylation sites (tertiary alicyclic amines) is 1. The van der Waals surface area contributed by atoms with Crippen LogP contribution in [-0.4, -0.2) is 86.3 Å². The van der Waals surface area contributed by atoms with Crippen LogP contribution in [0.25, 0.3) is 10.8 Å². The van der Waals surface area contributed by atoms with Crippen LogP contribution in [0.4, 0.5) is 5.69 Å². The lowest BCUT2D eigenvalue weighted by atomic mass is 9.70. The Morgan fingerprint density at radius 3 is 2.56 bits per heavy atom. The van der Waals surface area contributed by atoms with Crippen molar-refractivity contribution in [3.05, 3.63) is 67.8 Å². The maximum atomic E-state index is 14.7. The molecule has 9 heteroatoms. The largest absolute Gasteiger partial charge is 0.396 e. The van der Waals surface area contributed by atoms with E-state index in [1.54, 1.807) is 38.6 Å². The van der Waals surface area contributed by atoms with Crippen molar-refractivity contribution in [3.63, 3.8) is 0 Å². The van der Waals surface area contributed by atoms with Gasteiger partial charge in [-0.05, 0) is 42.2 Å². The zero-order chi connectivity index (χ0) is 29.3. The van der Waals surface area contributed by atoms with E-state index in [-0.39, 0.29) is 47.5 Å². The van der Waals surface area contributed by atoms with Gasteiger partial charge in [-0.3, -0.25) is 14.4 Å². The third-order valence-electron chi connectivity index (χ3n) is 8.64. The molecule has 2 aromatic carbocycles. The molecule has 7 nitrogen and oxygen atoms in total. The van der Waals surface area contributed by atoms with Crippen LogP contribution in [0, 0.1) is 11.8 Å². The zero-order valence-corrected chi connectivity index (χ0v) is 25.9. The zero-order valence-electron chi connectivity index (χ0n) is 23.5. The Morgan fingerprint density at radius 1 is 1.15 bits per heavy atom. The van der Waals surface area contributed by atoms with Crippen molar-refractivity contribution in [1.82, 2.24) is 9.80 Å². The molecule has 6 atom stereocenters. The van der Waals surface area contributed by atoms with Gasteiger partial charge in [-0.1, -0.05) is 65.3 Å². The molecule has 5 rings (SSSR count).